The molecule has 7 nitrogen and oxygen atoms in total. The van der Waals surface area contributed by atoms with Crippen molar-refractivity contribution < 1.29 is 14.6 Å². The first kappa shape index (κ1) is 23.1. The predicted molar refractivity (Wildman–Crippen MR) is 107 cm³/mol. The van der Waals surface area contributed by atoms with Crippen molar-refractivity contribution in [2.45, 2.75) is 46.8 Å². The van der Waals surface area contributed by atoms with Crippen LogP contribution in [0.5, 0.6) is 0 Å². The second kappa shape index (κ2) is 13.3. The lowest BCUT2D eigenvalue weighted by atomic mass is 10.2. The first-order valence-corrected chi connectivity index (χ1v) is 10.0. The van der Waals surface area contributed by atoms with Gasteiger partial charge in [0.2, 0.25) is 0 Å². The average molecular weight is 373 g/mol. The molecular formula is C19H40N4O3. The van der Waals surface area contributed by atoms with E-state index in [-0.39, 0.29) is 6.10 Å². The maximum Gasteiger partial charge on any atom is 0.191 e. The maximum absolute atomic E-state index is 10.00. The Kier molecular flexibility index (Phi) is 11.8. The van der Waals surface area contributed by atoms with Gasteiger partial charge in [-0.15, -0.1) is 0 Å². The fourth-order valence-corrected chi connectivity index (χ4v) is 2.83. The quantitative estimate of drug-likeness (QED) is 0.370. The van der Waals surface area contributed by atoms with Crippen LogP contribution < -0.4 is 10.6 Å². The molecule has 1 rings (SSSR count). The lowest BCUT2D eigenvalue weighted by molar-refractivity contribution is -0.0284. The third kappa shape index (κ3) is 11.0. The van der Waals surface area contributed by atoms with E-state index in [1.165, 1.54) is 0 Å². The normalized spacial score (nSPS) is 20.6. The smallest absolute Gasteiger partial charge is 0.191 e. The van der Waals surface area contributed by atoms with Gasteiger partial charge in [-0.3, -0.25) is 9.89 Å². The summed E-state index contributed by atoms with van der Waals surface area (Å²) in [6, 6.07) is 0. The monoisotopic (exact) mass is 372 g/mol. The third-order valence-electron chi connectivity index (χ3n) is 3.91. The number of rotatable bonds is 11. The number of aliphatic hydroxyl groups excluding tert-OH is 1. The topological polar surface area (TPSA) is 78.4 Å². The molecule has 1 aliphatic heterocycles. The van der Waals surface area contributed by atoms with Gasteiger partial charge < -0.3 is 25.2 Å². The average Bonchev–Trinajstić information content (AvgIpc) is 2.57. The van der Waals surface area contributed by atoms with Crippen molar-refractivity contribution in [1.82, 2.24) is 15.5 Å². The van der Waals surface area contributed by atoms with Gasteiger partial charge in [0, 0.05) is 39.3 Å². The van der Waals surface area contributed by atoms with Crippen LogP contribution in [0.3, 0.4) is 0 Å². The molecule has 2 unspecified atom stereocenters. The fourth-order valence-electron chi connectivity index (χ4n) is 2.83. The summed E-state index contributed by atoms with van der Waals surface area (Å²) in [4.78, 5) is 6.92. The minimum Gasteiger partial charge on any atom is -0.389 e. The van der Waals surface area contributed by atoms with Crippen molar-refractivity contribution in [3.05, 3.63) is 0 Å². The Morgan fingerprint density at radius 1 is 1.23 bits per heavy atom. The number of aliphatic imine (C=N–C) groups is 1. The van der Waals surface area contributed by atoms with Crippen LogP contribution in [-0.4, -0.2) is 87.3 Å². The summed E-state index contributed by atoms with van der Waals surface area (Å²) in [5, 5.41) is 16.5. The van der Waals surface area contributed by atoms with Crippen molar-refractivity contribution >= 4 is 5.96 Å². The van der Waals surface area contributed by atoms with Crippen LogP contribution in [0.1, 0.15) is 34.6 Å². The van der Waals surface area contributed by atoms with Crippen molar-refractivity contribution in [2.24, 2.45) is 16.8 Å². The molecule has 0 aliphatic carbocycles. The van der Waals surface area contributed by atoms with Crippen molar-refractivity contribution in [2.75, 3.05) is 59.1 Å². The third-order valence-corrected chi connectivity index (χ3v) is 3.91. The fraction of sp³-hybridized carbons (Fsp3) is 0.947. The summed E-state index contributed by atoms with van der Waals surface area (Å²) in [5.41, 5.74) is 0. The van der Waals surface area contributed by atoms with Crippen LogP contribution >= 0.6 is 0 Å². The predicted octanol–water partition coefficient (Wildman–Crippen LogP) is 0.932. The van der Waals surface area contributed by atoms with Gasteiger partial charge >= 0.3 is 0 Å². The van der Waals surface area contributed by atoms with E-state index in [9.17, 15) is 5.11 Å². The molecule has 1 saturated heterocycles. The second-order valence-corrected chi connectivity index (χ2v) is 7.83. The maximum atomic E-state index is 10.00. The van der Waals surface area contributed by atoms with Gasteiger partial charge in [0.05, 0.1) is 32.0 Å². The number of ether oxygens (including phenoxy) is 2. The number of nitrogens with zero attached hydrogens (tertiary/aromatic N) is 2. The highest BCUT2D eigenvalue weighted by atomic mass is 16.5. The summed E-state index contributed by atoms with van der Waals surface area (Å²) in [7, 11) is 0. The molecular weight excluding hydrogens is 332 g/mol. The van der Waals surface area contributed by atoms with Crippen molar-refractivity contribution in [3.63, 3.8) is 0 Å². The summed E-state index contributed by atoms with van der Waals surface area (Å²) in [5.74, 6) is 1.84. The van der Waals surface area contributed by atoms with E-state index >= 15 is 0 Å². The summed E-state index contributed by atoms with van der Waals surface area (Å²) in [6.07, 6.45) is -0.428. The van der Waals surface area contributed by atoms with Gasteiger partial charge in [-0.1, -0.05) is 27.7 Å². The number of hydrogen-bond acceptors (Lipinski definition) is 5. The van der Waals surface area contributed by atoms with Crippen LogP contribution in [0.4, 0.5) is 0 Å². The SMILES string of the molecule is CCNC(=NCC(O)COCC(C)C)NCC1CN(CC(C)C)CCO1. The van der Waals surface area contributed by atoms with Gasteiger partial charge in [0.25, 0.3) is 0 Å². The summed E-state index contributed by atoms with van der Waals surface area (Å²) < 4.78 is 11.3. The van der Waals surface area contributed by atoms with E-state index in [0.29, 0.717) is 44.1 Å². The molecule has 1 aliphatic rings. The molecule has 26 heavy (non-hydrogen) atoms. The molecule has 0 saturated carbocycles. The lowest BCUT2D eigenvalue weighted by Crippen LogP contribution is -2.50. The highest BCUT2D eigenvalue weighted by Crippen LogP contribution is 2.07. The molecule has 0 bridgehead atoms. The van der Waals surface area contributed by atoms with Crippen molar-refractivity contribution in [1.29, 1.82) is 0 Å². The molecule has 154 valence electrons. The molecule has 0 aromatic carbocycles. The Balaban J connectivity index is 2.36. The van der Waals surface area contributed by atoms with Gasteiger partial charge in [0.15, 0.2) is 5.96 Å². The number of nitrogens with one attached hydrogen (secondary N) is 2. The van der Waals surface area contributed by atoms with Gasteiger partial charge in [0.1, 0.15) is 0 Å². The van der Waals surface area contributed by atoms with Crippen LogP contribution in [0.2, 0.25) is 0 Å². The van der Waals surface area contributed by atoms with E-state index in [1.54, 1.807) is 0 Å². The zero-order chi connectivity index (χ0) is 19.4. The molecule has 1 fully saturated rings. The first-order chi connectivity index (χ1) is 12.4. The number of aliphatic hydroxyl groups is 1. The molecule has 0 aromatic rings. The summed E-state index contributed by atoms with van der Waals surface area (Å²) >= 11 is 0. The van der Waals surface area contributed by atoms with Crippen LogP contribution in [0, 0.1) is 11.8 Å². The Morgan fingerprint density at radius 2 is 2.00 bits per heavy atom. The number of guanidine groups is 1. The Hall–Kier alpha value is -0.890. The molecule has 0 aromatic heterocycles. The molecule has 0 amide bonds. The van der Waals surface area contributed by atoms with Crippen LogP contribution in [0.25, 0.3) is 0 Å². The standard InChI is InChI=1S/C19H40N4O3/c1-6-20-19(21-9-17(24)14-25-13-16(4)5)22-10-18-12-23(7-8-26-18)11-15(2)3/h15-18,24H,6-14H2,1-5H3,(H2,20,21,22). The highest BCUT2D eigenvalue weighted by molar-refractivity contribution is 5.79. The van der Waals surface area contributed by atoms with Gasteiger partial charge in [-0.05, 0) is 18.8 Å². The second-order valence-electron chi connectivity index (χ2n) is 7.83. The molecule has 2 atom stereocenters. The molecule has 1 heterocycles. The molecule has 7 heteroatoms. The van der Waals surface area contributed by atoms with E-state index in [1.807, 2.05) is 6.92 Å². The first-order valence-electron chi connectivity index (χ1n) is 10.0. The molecule has 3 N–H and O–H groups in total. The van der Waals surface area contributed by atoms with Crippen LogP contribution in [0.15, 0.2) is 4.99 Å². The lowest BCUT2D eigenvalue weighted by Gasteiger charge is -2.34. The van der Waals surface area contributed by atoms with E-state index < -0.39 is 6.10 Å². The summed E-state index contributed by atoms with van der Waals surface area (Å²) in [6.45, 7) is 17.3. The minimum absolute atomic E-state index is 0.158. The van der Waals surface area contributed by atoms with Crippen LogP contribution in [-0.2, 0) is 9.47 Å². The number of morpholine rings is 1. The van der Waals surface area contributed by atoms with E-state index in [2.05, 4.69) is 48.2 Å². The highest BCUT2D eigenvalue weighted by Gasteiger charge is 2.21. The largest absolute Gasteiger partial charge is 0.389 e. The Morgan fingerprint density at radius 3 is 2.65 bits per heavy atom. The molecule has 0 spiro atoms. The Bertz CT molecular complexity index is 391. The zero-order valence-corrected chi connectivity index (χ0v) is 17.3. The molecule has 0 radical (unpaired) electrons. The van der Waals surface area contributed by atoms with E-state index in [0.717, 1.165) is 32.8 Å². The van der Waals surface area contributed by atoms with Gasteiger partial charge in [-0.2, -0.15) is 0 Å². The van der Waals surface area contributed by atoms with Gasteiger partial charge in [-0.25, -0.2) is 0 Å². The Labute approximate surface area is 159 Å². The zero-order valence-electron chi connectivity index (χ0n) is 17.3. The number of hydrogen-bond donors (Lipinski definition) is 3. The van der Waals surface area contributed by atoms with Crippen molar-refractivity contribution in [3.8, 4) is 0 Å². The van der Waals surface area contributed by atoms with E-state index in [4.69, 9.17) is 9.47 Å². The minimum atomic E-state index is -0.586.